The molecular weight excluding hydrogens is 686 g/mol. The Hall–Kier alpha value is 1.15. The molecule has 0 bridgehead atoms. The number of hydrogen-bond donors (Lipinski definition) is 1. The van der Waals surface area contributed by atoms with E-state index in [9.17, 15) is 14.7 Å². The molecule has 26 heavy (non-hydrogen) atoms. The third-order valence-corrected chi connectivity index (χ3v) is 6.05. The Morgan fingerprint density at radius 2 is 1.85 bits per heavy atom. The zero-order chi connectivity index (χ0) is 19.1. The molecule has 0 spiro atoms. The molecule has 1 N–H and O–H groups in total. The van der Waals surface area contributed by atoms with Gasteiger partial charge in [-0.15, -0.1) is 0 Å². The van der Waals surface area contributed by atoms with Crippen LogP contribution < -0.4 is 44.7 Å². The quantitative estimate of drug-likeness (QED) is 0.302. The van der Waals surface area contributed by atoms with E-state index in [2.05, 4.69) is 73.1 Å². The molecule has 5 nitrogen and oxygen atoms in total. The van der Waals surface area contributed by atoms with Gasteiger partial charge in [-0.25, -0.2) is 0 Å². The number of carboxylic acids is 1. The van der Waals surface area contributed by atoms with Crippen molar-refractivity contribution in [1.29, 1.82) is 0 Å². The maximum Gasteiger partial charge on any atom is 1.00 e. The fourth-order valence-electron chi connectivity index (χ4n) is 2.03. The van der Waals surface area contributed by atoms with Crippen LogP contribution in [0.4, 0.5) is 0 Å². The van der Waals surface area contributed by atoms with Crippen LogP contribution in [0.5, 0.6) is 5.75 Å². The molecule has 9 heteroatoms. The average Bonchev–Trinajstić information content (AvgIpc) is 2.51. The van der Waals surface area contributed by atoms with Crippen LogP contribution in [-0.4, -0.2) is 24.5 Å². The molecule has 0 heterocycles. The van der Waals surface area contributed by atoms with Crippen molar-refractivity contribution in [3.63, 3.8) is 0 Å². The second-order valence-corrected chi connectivity index (χ2v) is 9.43. The normalized spacial score (nSPS) is 11.7. The van der Waals surface area contributed by atoms with Gasteiger partial charge in [0.2, 0.25) is 0 Å². The minimum atomic E-state index is -1.23. The predicted octanol–water partition coefficient (Wildman–Crippen LogP) is 0.578. The minimum absolute atomic E-state index is 0. The van der Waals surface area contributed by atoms with Gasteiger partial charge >= 0.3 is 29.6 Å². The van der Waals surface area contributed by atoms with E-state index >= 15 is 0 Å². The summed E-state index contributed by atoms with van der Waals surface area (Å²) < 4.78 is 7.95. The zero-order valence-corrected chi connectivity index (χ0v) is 23.8. The van der Waals surface area contributed by atoms with Gasteiger partial charge in [0, 0.05) is 10.1 Å². The van der Waals surface area contributed by atoms with Gasteiger partial charge in [0.05, 0.1) is 18.7 Å². The number of benzene rings is 1. The van der Waals surface area contributed by atoms with Crippen molar-refractivity contribution in [3.05, 3.63) is 22.3 Å². The van der Waals surface area contributed by atoms with Crippen LogP contribution in [0, 0.1) is 16.6 Å². The summed E-state index contributed by atoms with van der Waals surface area (Å²) in [4.78, 5) is 23.9. The second kappa shape index (κ2) is 13.4. The maximum absolute atomic E-state index is 12.5. The standard InChI is InChI=1S/C17H22I3NO4.Na/c1-4-5-6-12(17(23)24)25-15-11(19)7-10(18)13(14(15)20)16(22)21-8-9(2)3;/h7,9,12H,4-6,8H2,1-3H3,(H,21,22)(H,23,24);/q;+1/p-1. The minimum Gasteiger partial charge on any atom is -0.546 e. The second-order valence-electron chi connectivity index (χ2n) is 6.03. The molecule has 0 fully saturated rings. The first kappa shape index (κ1) is 27.1. The van der Waals surface area contributed by atoms with Crippen molar-refractivity contribution < 1.29 is 49.0 Å². The molecular formula is C17H21I3NNaO4. The average molecular weight is 707 g/mol. The third kappa shape index (κ3) is 8.26. The Bertz CT molecular complexity index is 641. The van der Waals surface area contributed by atoms with Crippen molar-refractivity contribution in [2.75, 3.05) is 6.54 Å². The van der Waals surface area contributed by atoms with Crippen LogP contribution in [0.3, 0.4) is 0 Å². The van der Waals surface area contributed by atoms with Gasteiger partial charge < -0.3 is 20.0 Å². The number of unbranched alkanes of at least 4 members (excludes halogenated alkanes) is 1. The van der Waals surface area contributed by atoms with E-state index in [0.29, 0.717) is 33.8 Å². The van der Waals surface area contributed by atoms with Crippen LogP contribution >= 0.6 is 67.8 Å². The molecule has 1 amide bonds. The van der Waals surface area contributed by atoms with E-state index < -0.39 is 12.1 Å². The number of carbonyl (C=O) groups excluding carboxylic acids is 2. The Balaban J connectivity index is 0.00000625. The predicted molar refractivity (Wildman–Crippen MR) is 121 cm³/mol. The number of hydrogen-bond acceptors (Lipinski definition) is 4. The van der Waals surface area contributed by atoms with Gasteiger partial charge in [-0.2, -0.15) is 0 Å². The van der Waals surface area contributed by atoms with E-state index in [-0.39, 0.29) is 35.5 Å². The maximum atomic E-state index is 12.5. The Labute approximate surface area is 217 Å². The first-order valence-corrected chi connectivity index (χ1v) is 11.3. The molecule has 0 radical (unpaired) electrons. The molecule has 0 aliphatic heterocycles. The van der Waals surface area contributed by atoms with Crippen LogP contribution in [-0.2, 0) is 4.79 Å². The number of amides is 1. The van der Waals surface area contributed by atoms with E-state index in [1.165, 1.54) is 0 Å². The Kier molecular flexibility index (Phi) is 14.0. The summed E-state index contributed by atoms with van der Waals surface area (Å²) in [5.74, 6) is -0.635. The third-order valence-electron chi connectivity index (χ3n) is 3.37. The molecule has 1 aromatic carbocycles. The van der Waals surface area contributed by atoms with Crippen molar-refractivity contribution in [3.8, 4) is 5.75 Å². The molecule has 1 unspecified atom stereocenters. The van der Waals surface area contributed by atoms with Crippen LogP contribution in [0.25, 0.3) is 0 Å². The van der Waals surface area contributed by atoms with E-state index in [4.69, 9.17) is 4.74 Å². The number of aliphatic carboxylic acids is 1. The van der Waals surface area contributed by atoms with Crippen LogP contribution in [0.1, 0.15) is 50.4 Å². The molecule has 0 aliphatic carbocycles. The molecule has 1 aromatic rings. The Morgan fingerprint density at radius 1 is 1.23 bits per heavy atom. The van der Waals surface area contributed by atoms with Crippen molar-refractivity contribution in [2.45, 2.75) is 46.1 Å². The zero-order valence-electron chi connectivity index (χ0n) is 15.3. The summed E-state index contributed by atoms with van der Waals surface area (Å²) in [6, 6.07) is 1.83. The monoisotopic (exact) mass is 707 g/mol. The van der Waals surface area contributed by atoms with Gasteiger partial charge in [0.1, 0.15) is 11.9 Å². The van der Waals surface area contributed by atoms with E-state index in [1.807, 2.05) is 26.8 Å². The van der Waals surface area contributed by atoms with Gasteiger partial charge in [0.15, 0.2) is 0 Å². The molecule has 0 saturated heterocycles. The van der Waals surface area contributed by atoms with Crippen molar-refractivity contribution in [2.24, 2.45) is 5.92 Å². The molecule has 140 valence electrons. The SMILES string of the molecule is CCCCC(Oc1c(I)cc(I)c(C(=O)NCC(C)C)c1I)C(=O)[O-].[Na+]. The summed E-state index contributed by atoms with van der Waals surface area (Å²) in [6.07, 6.45) is 0.967. The van der Waals surface area contributed by atoms with Gasteiger partial charge in [-0.05, 0) is 92.6 Å². The fraction of sp³-hybridized carbons (Fsp3) is 0.529. The van der Waals surface area contributed by atoms with Gasteiger partial charge in [-0.3, -0.25) is 4.79 Å². The summed E-state index contributed by atoms with van der Waals surface area (Å²) in [6.45, 7) is 6.61. The van der Waals surface area contributed by atoms with Crippen molar-refractivity contribution in [1.82, 2.24) is 5.32 Å². The molecule has 1 rings (SSSR count). The first-order valence-electron chi connectivity index (χ1n) is 8.02. The van der Waals surface area contributed by atoms with E-state index in [0.717, 1.165) is 20.0 Å². The number of carbonyl (C=O) groups is 2. The number of ether oxygens (including phenoxy) is 1. The number of carboxylic acid groups (broad SMARTS) is 1. The summed E-state index contributed by atoms with van der Waals surface area (Å²) >= 11 is 6.26. The smallest absolute Gasteiger partial charge is 0.546 e. The molecule has 1 atom stereocenters. The molecule has 0 aromatic heterocycles. The number of halogens is 3. The van der Waals surface area contributed by atoms with Crippen molar-refractivity contribution >= 4 is 79.6 Å². The Morgan fingerprint density at radius 3 is 2.35 bits per heavy atom. The number of rotatable bonds is 9. The first-order chi connectivity index (χ1) is 11.7. The summed E-state index contributed by atoms with van der Waals surface area (Å²) in [5, 5.41) is 14.3. The summed E-state index contributed by atoms with van der Waals surface area (Å²) in [5.41, 5.74) is 0.518. The number of nitrogens with one attached hydrogen (secondary N) is 1. The van der Waals surface area contributed by atoms with E-state index in [1.54, 1.807) is 0 Å². The summed E-state index contributed by atoms with van der Waals surface area (Å²) in [7, 11) is 0. The molecule has 0 saturated carbocycles. The molecule has 0 aliphatic rings. The topological polar surface area (TPSA) is 78.5 Å². The van der Waals surface area contributed by atoms with Gasteiger partial charge in [-0.1, -0.05) is 27.2 Å². The van der Waals surface area contributed by atoms with Crippen LogP contribution in [0.2, 0.25) is 0 Å². The van der Waals surface area contributed by atoms with Crippen LogP contribution in [0.15, 0.2) is 6.07 Å². The largest absolute Gasteiger partial charge is 1.00 e. The fourth-order valence-corrected chi connectivity index (χ4v) is 6.15. The van der Waals surface area contributed by atoms with Gasteiger partial charge in [0.25, 0.3) is 5.91 Å².